The molecule has 4 heteroatoms. The summed E-state index contributed by atoms with van der Waals surface area (Å²) < 4.78 is 0. The zero-order valence-electron chi connectivity index (χ0n) is 9.06. The minimum absolute atomic E-state index is 0.638. The molecule has 2 fully saturated rings. The Labute approximate surface area is 94.9 Å². The molecule has 0 spiro atoms. The molecular formula is C12H14N4. The first-order valence-corrected chi connectivity index (χ1v) is 5.70. The molecule has 1 N–H and O–H groups in total. The number of nitrogens with zero attached hydrogens (tertiary/aromatic N) is 3. The summed E-state index contributed by atoms with van der Waals surface area (Å²) in [6.45, 7) is 3.30. The zero-order chi connectivity index (χ0) is 11.0. The maximum Gasteiger partial charge on any atom is 0.101 e. The molecule has 0 saturated carbocycles. The molecule has 0 bridgehead atoms. The number of nitrogens with one attached hydrogen (secondary N) is 1. The second-order valence-corrected chi connectivity index (χ2v) is 4.55. The molecule has 0 amide bonds. The first kappa shape index (κ1) is 9.61. The molecule has 2 aliphatic rings. The van der Waals surface area contributed by atoms with Crippen molar-refractivity contribution in [1.82, 2.24) is 10.3 Å². The van der Waals surface area contributed by atoms with Crippen LogP contribution in [0, 0.1) is 17.2 Å². The molecule has 0 radical (unpaired) electrons. The molecule has 0 aliphatic carbocycles. The Morgan fingerprint density at radius 1 is 1.50 bits per heavy atom. The van der Waals surface area contributed by atoms with Crippen LogP contribution in [0.5, 0.6) is 0 Å². The van der Waals surface area contributed by atoms with Crippen LogP contribution in [0.3, 0.4) is 0 Å². The number of hydrogen-bond donors (Lipinski definition) is 1. The third-order valence-electron chi connectivity index (χ3n) is 3.62. The maximum absolute atomic E-state index is 8.84. The first-order valence-electron chi connectivity index (χ1n) is 5.70. The third kappa shape index (κ3) is 1.54. The van der Waals surface area contributed by atoms with Crippen molar-refractivity contribution in [2.24, 2.45) is 5.92 Å². The predicted molar refractivity (Wildman–Crippen MR) is 61.1 cm³/mol. The van der Waals surface area contributed by atoms with Gasteiger partial charge in [0.25, 0.3) is 0 Å². The van der Waals surface area contributed by atoms with E-state index in [1.807, 2.05) is 12.3 Å². The van der Waals surface area contributed by atoms with Crippen molar-refractivity contribution in [3.8, 4) is 6.07 Å². The smallest absolute Gasteiger partial charge is 0.101 e. The van der Waals surface area contributed by atoms with Crippen LogP contribution in [0.4, 0.5) is 5.69 Å². The highest BCUT2D eigenvalue weighted by Crippen LogP contribution is 2.27. The van der Waals surface area contributed by atoms with Crippen molar-refractivity contribution in [2.45, 2.75) is 12.5 Å². The summed E-state index contributed by atoms with van der Waals surface area (Å²) in [5, 5.41) is 12.3. The number of aromatic nitrogens is 1. The molecule has 1 aromatic rings. The van der Waals surface area contributed by atoms with Crippen molar-refractivity contribution >= 4 is 5.69 Å². The number of pyridine rings is 1. The fraction of sp³-hybridized carbons (Fsp3) is 0.500. The molecule has 16 heavy (non-hydrogen) atoms. The number of nitriles is 1. The Morgan fingerprint density at radius 2 is 2.44 bits per heavy atom. The van der Waals surface area contributed by atoms with Crippen LogP contribution in [0.2, 0.25) is 0 Å². The van der Waals surface area contributed by atoms with Gasteiger partial charge >= 0.3 is 0 Å². The monoisotopic (exact) mass is 214 g/mol. The van der Waals surface area contributed by atoms with E-state index in [-0.39, 0.29) is 0 Å². The Kier molecular flexibility index (Phi) is 2.26. The summed E-state index contributed by atoms with van der Waals surface area (Å²) in [4.78, 5) is 6.43. The Bertz CT molecular complexity index is 437. The van der Waals surface area contributed by atoms with Crippen LogP contribution in [-0.4, -0.2) is 30.7 Å². The summed E-state index contributed by atoms with van der Waals surface area (Å²) in [6, 6.07) is 4.70. The fourth-order valence-corrected chi connectivity index (χ4v) is 2.51. The lowest BCUT2D eigenvalue weighted by molar-refractivity contribution is 0.197. The van der Waals surface area contributed by atoms with Crippen LogP contribution >= 0.6 is 0 Å². The van der Waals surface area contributed by atoms with E-state index in [9.17, 15) is 0 Å². The average Bonchev–Trinajstić information content (AvgIpc) is 2.31. The molecule has 2 saturated heterocycles. The number of fused-ring (bicyclic) bond motifs is 1. The van der Waals surface area contributed by atoms with Gasteiger partial charge in [-0.3, -0.25) is 4.98 Å². The van der Waals surface area contributed by atoms with Gasteiger partial charge in [-0.05, 0) is 24.9 Å². The molecular weight excluding hydrogens is 200 g/mol. The average molecular weight is 214 g/mol. The quantitative estimate of drug-likeness (QED) is 0.749. The number of piperidine rings is 1. The summed E-state index contributed by atoms with van der Waals surface area (Å²) in [6.07, 6.45) is 4.70. The highest BCUT2D eigenvalue weighted by molar-refractivity contribution is 5.49. The largest absolute Gasteiger partial charge is 0.369 e. The minimum Gasteiger partial charge on any atom is -0.369 e. The van der Waals surface area contributed by atoms with Gasteiger partial charge in [-0.25, -0.2) is 0 Å². The summed E-state index contributed by atoms with van der Waals surface area (Å²) in [5.74, 6) is 0.864. The molecule has 0 unspecified atom stereocenters. The summed E-state index contributed by atoms with van der Waals surface area (Å²) >= 11 is 0. The molecule has 3 heterocycles. The van der Waals surface area contributed by atoms with Crippen LogP contribution in [-0.2, 0) is 0 Å². The standard InChI is InChI=1S/C12H14N4/c13-4-9-3-11(7-14-5-9)16-2-1-10-6-15-12(10)8-16/h3,5,7,10,12,15H,1-2,6,8H2/t10-,12-/m0/s1. The predicted octanol–water partition coefficient (Wildman–Crippen LogP) is 0.751. The van der Waals surface area contributed by atoms with Gasteiger partial charge in [0.2, 0.25) is 0 Å². The molecule has 1 aromatic heterocycles. The Hall–Kier alpha value is -1.60. The van der Waals surface area contributed by atoms with Gasteiger partial charge in [0.15, 0.2) is 0 Å². The molecule has 3 rings (SSSR count). The van der Waals surface area contributed by atoms with Gasteiger partial charge in [0, 0.05) is 25.3 Å². The van der Waals surface area contributed by atoms with Crippen LogP contribution in [0.1, 0.15) is 12.0 Å². The van der Waals surface area contributed by atoms with Gasteiger partial charge in [-0.15, -0.1) is 0 Å². The lowest BCUT2D eigenvalue weighted by Gasteiger charge is -2.47. The Balaban J connectivity index is 1.79. The summed E-state index contributed by atoms with van der Waals surface area (Å²) in [5.41, 5.74) is 1.72. The lowest BCUT2D eigenvalue weighted by atomic mass is 9.85. The van der Waals surface area contributed by atoms with E-state index in [2.05, 4.69) is 21.3 Å². The Morgan fingerprint density at radius 3 is 3.12 bits per heavy atom. The number of hydrogen-bond acceptors (Lipinski definition) is 4. The molecule has 2 atom stereocenters. The van der Waals surface area contributed by atoms with Gasteiger partial charge in [-0.2, -0.15) is 5.26 Å². The number of anilines is 1. The topological polar surface area (TPSA) is 52.0 Å². The van der Waals surface area contributed by atoms with Crippen LogP contribution in [0.25, 0.3) is 0 Å². The lowest BCUT2D eigenvalue weighted by Crippen LogP contribution is -2.62. The van der Waals surface area contributed by atoms with Crippen molar-refractivity contribution in [3.63, 3.8) is 0 Å². The van der Waals surface area contributed by atoms with Gasteiger partial charge in [0.1, 0.15) is 6.07 Å². The van der Waals surface area contributed by atoms with Gasteiger partial charge in [0.05, 0.1) is 17.4 Å². The molecule has 2 aliphatic heterocycles. The van der Waals surface area contributed by atoms with Crippen molar-refractivity contribution < 1.29 is 0 Å². The second kappa shape index (κ2) is 3.76. The highest BCUT2D eigenvalue weighted by Gasteiger charge is 2.35. The van der Waals surface area contributed by atoms with Crippen LogP contribution < -0.4 is 10.2 Å². The van der Waals surface area contributed by atoms with E-state index in [0.29, 0.717) is 11.6 Å². The van der Waals surface area contributed by atoms with Crippen molar-refractivity contribution in [2.75, 3.05) is 24.5 Å². The SMILES string of the molecule is N#Cc1cncc(N2CC[C@H]3CN[C@H]3C2)c1. The van der Waals surface area contributed by atoms with E-state index < -0.39 is 0 Å². The zero-order valence-corrected chi connectivity index (χ0v) is 9.06. The van der Waals surface area contributed by atoms with Crippen molar-refractivity contribution in [3.05, 3.63) is 24.0 Å². The minimum atomic E-state index is 0.638. The number of rotatable bonds is 1. The third-order valence-corrected chi connectivity index (χ3v) is 3.62. The van der Waals surface area contributed by atoms with E-state index in [4.69, 9.17) is 5.26 Å². The van der Waals surface area contributed by atoms with E-state index in [0.717, 1.165) is 24.7 Å². The van der Waals surface area contributed by atoms with Gasteiger partial charge < -0.3 is 10.2 Å². The summed E-state index contributed by atoms with van der Waals surface area (Å²) in [7, 11) is 0. The first-order chi connectivity index (χ1) is 7.86. The van der Waals surface area contributed by atoms with E-state index >= 15 is 0 Å². The molecule has 82 valence electrons. The normalized spacial score (nSPS) is 27.8. The van der Waals surface area contributed by atoms with Crippen molar-refractivity contribution in [1.29, 1.82) is 5.26 Å². The highest BCUT2D eigenvalue weighted by atomic mass is 15.2. The van der Waals surface area contributed by atoms with Crippen LogP contribution in [0.15, 0.2) is 18.5 Å². The maximum atomic E-state index is 8.84. The second-order valence-electron chi connectivity index (χ2n) is 4.55. The molecule has 0 aromatic carbocycles. The fourth-order valence-electron chi connectivity index (χ4n) is 2.51. The van der Waals surface area contributed by atoms with E-state index in [1.165, 1.54) is 13.0 Å². The van der Waals surface area contributed by atoms with E-state index in [1.54, 1.807) is 6.20 Å². The molecule has 4 nitrogen and oxygen atoms in total. The van der Waals surface area contributed by atoms with Gasteiger partial charge in [-0.1, -0.05) is 0 Å².